The van der Waals surface area contributed by atoms with E-state index in [0.29, 0.717) is 17.8 Å². The second kappa shape index (κ2) is 7.20. The van der Waals surface area contributed by atoms with Crippen molar-refractivity contribution < 1.29 is 5.11 Å². The molecule has 4 atom stereocenters. The molecule has 1 aliphatic rings. The summed E-state index contributed by atoms with van der Waals surface area (Å²) in [6.45, 7) is 9.11. The summed E-state index contributed by atoms with van der Waals surface area (Å²) in [6.07, 6.45) is 10.1. The molecular weight excluding hydrogens is 208 g/mol. The lowest BCUT2D eigenvalue weighted by Crippen LogP contribution is -2.35. The first-order chi connectivity index (χ1) is 8.06. The maximum absolute atomic E-state index is 10.4. The molecule has 0 bridgehead atoms. The summed E-state index contributed by atoms with van der Waals surface area (Å²) < 4.78 is 0. The lowest BCUT2D eigenvalue weighted by molar-refractivity contribution is 0.0425. The van der Waals surface area contributed by atoms with E-state index in [4.69, 9.17) is 0 Å². The average molecular weight is 238 g/mol. The van der Waals surface area contributed by atoms with E-state index in [1.54, 1.807) is 0 Å². The topological polar surface area (TPSA) is 20.2 Å². The zero-order chi connectivity index (χ0) is 12.8. The van der Waals surface area contributed by atoms with Gasteiger partial charge in [0.15, 0.2) is 0 Å². The van der Waals surface area contributed by atoms with Crippen molar-refractivity contribution in [1.29, 1.82) is 0 Å². The molecule has 0 amide bonds. The van der Waals surface area contributed by atoms with Gasteiger partial charge in [0.2, 0.25) is 0 Å². The molecule has 0 spiro atoms. The Morgan fingerprint density at radius 2 is 1.94 bits per heavy atom. The van der Waals surface area contributed by atoms with Crippen molar-refractivity contribution in [2.45, 2.75) is 65.9 Å². The van der Waals surface area contributed by atoms with E-state index in [2.05, 4.69) is 33.8 Å². The van der Waals surface area contributed by atoms with Crippen LogP contribution in [-0.2, 0) is 0 Å². The fourth-order valence-corrected chi connectivity index (χ4v) is 3.21. The van der Waals surface area contributed by atoms with Crippen LogP contribution < -0.4 is 0 Å². The molecule has 1 fully saturated rings. The second-order valence-corrected chi connectivity index (χ2v) is 6.20. The van der Waals surface area contributed by atoms with Crippen LogP contribution in [0.15, 0.2) is 12.2 Å². The van der Waals surface area contributed by atoms with Gasteiger partial charge in [0, 0.05) is 0 Å². The van der Waals surface area contributed by atoms with Crippen LogP contribution >= 0.6 is 0 Å². The molecular formula is C16H30O. The summed E-state index contributed by atoms with van der Waals surface area (Å²) in [7, 11) is 0. The van der Waals surface area contributed by atoms with Crippen LogP contribution in [0, 0.1) is 23.7 Å². The van der Waals surface area contributed by atoms with Crippen molar-refractivity contribution in [3.05, 3.63) is 12.2 Å². The van der Waals surface area contributed by atoms with Crippen LogP contribution in [0.25, 0.3) is 0 Å². The Balaban J connectivity index is 2.61. The minimum Gasteiger partial charge on any atom is -0.389 e. The molecule has 0 radical (unpaired) electrons. The lowest BCUT2D eigenvalue weighted by Gasteiger charge is -2.39. The predicted octanol–water partition coefficient (Wildman–Crippen LogP) is 4.41. The fourth-order valence-electron chi connectivity index (χ4n) is 3.21. The zero-order valence-corrected chi connectivity index (χ0v) is 12.0. The molecule has 0 aliphatic heterocycles. The molecule has 1 nitrogen and oxygen atoms in total. The van der Waals surface area contributed by atoms with E-state index in [0.717, 1.165) is 18.8 Å². The van der Waals surface area contributed by atoms with Crippen molar-refractivity contribution in [2.75, 3.05) is 0 Å². The van der Waals surface area contributed by atoms with Crippen molar-refractivity contribution in [1.82, 2.24) is 0 Å². The quantitative estimate of drug-likeness (QED) is 0.703. The van der Waals surface area contributed by atoms with Crippen LogP contribution in [0.4, 0.5) is 0 Å². The molecule has 1 rings (SSSR count). The summed E-state index contributed by atoms with van der Waals surface area (Å²) >= 11 is 0. The molecule has 1 aliphatic carbocycles. The molecule has 17 heavy (non-hydrogen) atoms. The number of hydrogen-bond donors (Lipinski definition) is 1. The van der Waals surface area contributed by atoms with E-state index < -0.39 is 0 Å². The van der Waals surface area contributed by atoms with E-state index in [-0.39, 0.29) is 6.10 Å². The molecule has 0 aromatic rings. The van der Waals surface area contributed by atoms with Gasteiger partial charge in [0.25, 0.3) is 0 Å². The summed E-state index contributed by atoms with van der Waals surface area (Å²) in [5.41, 5.74) is 0. The molecule has 0 saturated heterocycles. The number of rotatable bonds is 5. The Morgan fingerprint density at radius 3 is 2.53 bits per heavy atom. The van der Waals surface area contributed by atoms with Gasteiger partial charge >= 0.3 is 0 Å². The summed E-state index contributed by atoms with van der Waals surface area (Å²) in [6, 6.07) is 0. The third kappa shape index (κ3) is 4.46. The molecule has 0 aromatic carbocycles. The van der Waals surface area contributed by atoms with Gasteiger partial charge in [-0.25, -0.2) is 0 Å². The van der Waals surface area contributed by atoms with Gasteiger partial charge in [-0.15, -0.1) is 0 Å². The molecule has 0 aromatic heterocycles. The van der Waals surface area contributed by atoms with Crippen LogP contribution in [-0.4, -0.2) is 11.2 Å². The highest BCUT2D eigenvalue weighted by molar-refractivity contribution is 4.96. The minimum absolute atomic E-state index is 0.225. The van der Waals surface area contributed by atoms with E-state index in [9.17, 15) is 5.11 Å². The SMILES string of the molecule is CCC/C=C/[C@H](O)[C@@H]1C[C@H](C)CC[C@H]1C(C)C. The molecule has 1 heteroatoms. The number of unbranched alkanes of at least 4 members (excludes halogenated alkanes) is 1. The van der Waals surface area contributed by atoms with E-state index in [1.165, 1.54) is 19.3 Å². The largest absolute Gasteiger partial charge is 0.389 e. The Bertz CT molecular complexity index is 232. The highest BCUT2D eigenvalue weighted by atomic mass is 16.3. The van der Waals surface area contributed by atoms with Gasteiger partial charge in [-0.3, -0.25) is 0 Å². The third-order valence-corrected chi connectivity index (χ3v) is 4.30. The normalized spacial score (nSPS) is 32.2. The highest BCUT2D eigenvalue weighted by Crippen LogP contribution is 2.40. The Kier molecular flexibility index (Phi) is 6.26. The monoisotopic (exact) mass is 238 g/mol. The first-order valence-corrected chi connectivity index (χ1v) is 7.41. The van der Waals surface area contributed by atoms with Gasteiger partial charge in [-0.2, -0.15) is 0 Å². The van der Waals surface area contributed by atoms with Crippen LogP contribution in [0.2, 0.25) is 0 Å². The Morgan fingerprint density at radius 1 is 1.24 bits per heavy atom. The first kappa shape index (κ1) is 14.8. The number of allylic oxidation sites excluding steroid dienone is 1. The maximum atomic E-state index is 10.4. The average Bonchev–Trinajstić information content (AvgIpc) is 2.28. The Hall–Kier alpha value is -0.300. The summed E-state index contributed by atoms with van der Waals surface area (Å²) in [4.78, 5) is 0. The van der Waals surface area contributed by atoms with Crippen molar-refractivity contribution in [3.63, 3.8) is 0 Å². The van der Waals surface area contributed by atoms with Crippen LogP contribution in [0.5, 0.6) is 0 Å². The van der Waals surface area contributed by atoms with Gasteiger partial charge in [0.1, 0.15) is 0 Å². The van der Waals surface area contributed by atoms with Crippen LogP contribution in [0.3, 0.4) is 0 Å². The lowest BCUT2D eigenvalue weighted by atomic mass is 9.68. The first-order valence-electron chi connectivity index (χ1n) is 7.41. The van der Waals surface area contributed by atoms with E-state index >= 15 is 0 Å². The molecule has 0 unspecified atom stereocenters. The number of hydrogen-bond acceptors (Lipinski definition) is 1. The van der Waals surface area contributed by atoms with Crippen molar-refractivity contribution in [2.24, 2.45) is 23.7 Å². The number of aliphatic hydroxyl groups is 1. The zero-order valence-electron chi connectivity index (χ0n) is 12.0. The second-order valence-electron chi connectivity index (χ2n) is 6.20. The number of aliphatic hydroxyl groups excluding tert-OH is 1. The molecule has 1 saturated carbocycles. The highest BCUT2D eigenvalue weighted by Gasteiger charge is 2.33. The minimum atomic E-state index is -0.225. The van der Waals surface area contributed by atoms with E-state index in [1.807, 2.05) is 6.08 Å². The standard InChI is InChI=1S/C16H30O/c1-5-6-7-8-16(17)15-11-13(4)9-10-14(15)12(2)3/h7-8,12-17H,5-6,9-11H2,1-4H3/b8-7+/t13-,14+,15-,16+/m1/s1. The van der Waals surface area contributed by atoms with Gasteiger partial charge in [0.05, 0.1) is 6.10 Å². The van der Waals surface area contributed by atoms with Gasteiger partial charge in [-0.05, 0) is 42.9 Å². The molecule has 0 heterocycles. The summed E-state index contributed by atoms with van der Waals surface area (Å²) in [5, 5.41) is 10.4. The molecule has 100 valence electrons. The summed E-state index contributed by atoms with van der Waals surface area (Å²) in [5.74, 6) is 2.66. The molecule has 1 N–H and O–H groups in total. The van der Waals surface area contributed by atoms with Crippen LogP contribution in [0.1, 0.15) is 59.8 Å². The Labute approximate surface area is 107 Å². The smallest absolute Gasteiger partial charge is 0.0751 e. The van der Waals surface area contributed by atoms with Crippen molar-refractivity contribution in [3.8, 4) is 0 Å². The van der Waals surface area contributed by atoms with Gasteiger partial charge in [-0.1, -0.05) is 52.7 Å². The fraction of sp³-hybridized carbons (Fsp3) is 0.875. The third-order valence-electron chi connectivity index (χ3n) is 4.30. The maximum Gasteiger partial charge on any atom is 0.0751 e. The predicted molar refractivity (Wildman–Crippen MR) is 74.9 cm³/mol. The van der Waals surface area contributed by atoms with Crippen molar-refractivity contribution >= 4 is 0 Å². The van der Waals surface area contributed by atoms with Gasteiger partial charge < -0.3 is 5.11 Å².